The molecule has 0 saturated carbocycles. The SMILES string of the molecule is CC(O)(C(=O)Nc1ccc(S(=O)(=O)c2ccncc2)c(O)c1)C(F)(F)F. The Morgan fingerprint density at radius 1 is 1.15 bits per heavy atom. The van der Waals surface area contributed by atoms with Crippen LogP contribution < -0.4 is 5.32 Å². The van der Waals surface area contributed by atoms with Gasteiger partial charge in [-0.1, -0.05) is 0 Å². The second-order valence-corrected chi connectivity index (χ2v) is 7.31. The summed E-state index contributed by atoms with van der Waals surface area (Å²) >= 11 is 0. The molecule has 1 unspecified atom stereocenters. The molecule has 26 heavy (non-hydrogen) atoms. The van der Waals surface area contributed by atoms with Crippen molar-refractivity contribution < 1.29 is 36.6 Å². The van der Waals surface area contributed by atoms with E-state index in [1.54, 1.807) is 5.32 Å². The third-order valence-corrected chi connectivity index (χ3v) is 5.28. The van der Waals surface area contributed by atoms with Crippen molar-refractivity contribution in [1.29, 1.82) is 0 Å². The number of aromatic nitrogens is 1. The largest absolute Gasteiger partial charge is 0.506 e. The van der Waals surface area contributed by atoms with Gasteiger partial charge in [0.05, 0.1) is 4.90 Å². The summed E-state index contributed by atoms with van der Waals surface area (Å²) in [4.78, 5) is 14.6. The lowest BCUT2D eigenvalue weighted by Gasteiger charge is -2.24. The first-order valence-electron chi connectivity index (χ1n) is 6.96. The van der Waals surface area contributed by atoms with Gasteiger partial charge in [0.25, 0.3) is 5.91 Å². The number of phenols is 1. The van der Waals surface area contributed by atoms with Crippen LogP contribution in [0.15, 0.2) is 52.5 Å². The molecule has 2 rings (SSSR count). The molecule has 0 aliphatic carbocycles. The van der Waals surface area contributed by atoms with Crippen molar-refractivity contribution in [1.82, 2.24) is 4.98 Å². The molecule has 1 aromatic heterocycles. The highest BCUT2D eigenvalue weighted by Gasteiger charge is 2.55. The van der Waals surface area contributed by atoms with Crippen LogP contribution in [0.2, 0.25) is 0 Å². The third-order valence-electron chi connectivity index (χ3n) is 3.46. The van der Waals surface area contributed by atoms with Gasteiger partial charge in [0, 0.05) is 24.1 Å². The van der Waals surface area contributed by atoms with Gasteiger partial charge in [-0.05, 0) is 31.2 Å². The van der Waals surface area contributed by atoms with E-state index in [0.29, 0.717) is 0 Å². The minimum Gasteiger partial charge on any atom is -0.506 e. The Balaban J connectivity index is 2.33. The number of hydrogen-bond acceptors (Lipinski definition) is 6. The lowest BCUT2D eigenvalue weighted by Crippen LogP contribution is -2.52. The van der Waals surface area contributed by atoms with E-state index in [4.69, 9.17) is 0 Å². The molecule has 1 heterocycles. The average Bonchev–Trinajstić information content (AvgIpc) is 2.54. The minimum atomic E-state index is -5.22. The molecule has 3 N–H and O–H groups in total. The van der Waals surface area contributed by atoms with E-state index in [2.05, 4.69) is 4.98 Å². The van der Waals surface area contributed by atoms with Crippen LogP contribution in [0.5, 0.6) is 5.75 Å². The second-order valence-electron chi connectivity index (χ2n) is 5.39. The maximum absolute atomic E-state index is 12.6. The van der Waals surface area contributed by atoms with Crippen molar-refractivity contribution in [2.75, 3.05) is 5.32 Å². The van der Waals surface area contributed by atoms with Gasteiger partial charge >= 0.3 is 6.18 Å². The van der Waals surface area contributed by atoms with Gasteiger partial charge in [-0.3, -0.25) is 9.78 Å². The second kappa shape index (κ2) is 6.57. The van der Waals surface area contributed by atoms with E-state index in [9.17, 15) is 36.6 Å². The first-order chi connectivity index (χ1) is 11.9. The summed E-state index contributed by atoms with van der Waals surface area (Å²) < 4.78 is 62.7. The highest BCUT2D eigenvalue weighted by molar-refractivity contribution is 7.91. The first kappa shape index (κ1) is 19.7. The standard InChI is InChI=1S/C15H13F3N2O5S/c1-14(23,15(16,17)18)13(22)20-9-2-3-12(11(21)8-9)26(24,25)10-4-6-19-7-5-10/h2-8,21,23H,1H3,(H,20,22). The molecule has 140 valence electrons. The van der Waals surface area contributed by atoms with Crippen LogP contribution in [-0.4, -0.2) is 41.3 Å². The number of aliphatic hydroxyl groups is 1. The van der Waals surface area contributed by atoms with E-state index in [-0.39, 0.29) is 17.5 Å². The Kier molecular flexibility index (Phi) is 4.97. The summed E-state index contributed by atoms with van der Waals surface area (Å²) in [7, 11) is -4.10. The highest BCUT2D eigenvalue weighted by atomic mass is 32.2. The van der Waals surface area contributed by atoms with Crippen LogP contribution in [0.25, 0.3) is 0 Å². The predicted molar refractivity (Wildman–Crippen MR) is 83.1 cm³/mol. The average molecular weight is 390 g/mol. The summed E-state index contributed by atoms with van der Waals surface area (Å²) in [5, 5.41) is 21.0. The zero-order valence-corrected chi connectivity index (χ0v) is 14.0. The molecule has 11 heteroatoms. The molecule has 1 amide bonds. The fraction of sp³-hybridized carbons (Fsp3) is 0.200. The minimum absolute atomic E-state index is 0.153. The molecule has 7 nitrogen and oxygen atoms in total. The van der Waals surface area contributed by atoms with Crippen LogP contribution in [0.4, 0.5) is 18.9 Å². The fourth-order valence-corrected chi connectivity index (χ4v) is 3.16. The number of carbonyl (C=O) groups excluding carboxylic acids is 1. The Hall–Kier alpha value is -2.66. The number of halogens is 3. The van der Waals surface area contributed by atoms with Crippen LogP contribution >= 0.6 is 0 Å². The number of nitrogens with one attached hydrogen (secondary N) is 1. The number of hydrogen-bond donors (Lipinski definition) is 3. The first-order valence-corrected chi connectivity index (χ1v) is 8.44. The topological polar surface area (TPSA) is 117 Å². The summed E-state index contributed by atoms with van der Waals surface area (Å²) in [6.07, 6.45) is -2.75. The zero-order chi connectivity index (χ0) is 19.8. The fourth-order valence-electron chi connectivity index (χ4n) is 1.85. The highest BCUT2D eigenvalue weighted by Crippen LogP contribution is 2.33. The summed E-state index contributed by atoms with van der Waals surface area (Å²) in [5.41, 5.74) is -3.99. The van der Waals surface area contributed by atoms with Crippen LogP contribution in [-0.2, 0) is 14.6 Å². The van der Waals surface area contributed by atoms with E-state index in [1.165, 1.54) is 24.5 Å². The van der Waals surface area contributed by atoms with Crippen LogP contribution in [0.3, 0.4) is 0 Å². The number of carbonyl (C=O) groups is 1. The Labute approximate surface area is 146 Å². The molecular formula is C15H13F3N2O5S. The molecule has 1 atom stereocenters. The molecule has 0 saturated heterocycles. The van der Waals surface area contributed by atoms with E-state index in [1.807, 2.05) is 0 Å². The number of rotatable bonds is 4. The number of benzene rings is 1. The zero-order valence-electron chi connectivity index (χ0n) is 13.1. The van der Waals surface area contributed by atoms with Crippen molar-refractivity contribution in [3.05, 3.63) is 42.7 Å². The number of nitrogens with zero attached hydrogens (tertiary/aromatic N) is 1. The summed E-state index contributed by atoms with van der Waals surface area (Å²) in [5.74, 6) is -2.57. The lowest BCUT2D eigenvalue weighted by atomic mass is 10.1. The van der Waals surface area contributed by atoms with E-state index < -0.39 is 38.2 Å². The maximum atomic E-state index is 12.6. The van der Waals surface area contributed by atoms with Crippen molar-refractivity contribution in [3.63, 3.8) is 0 Å². The molecule has 0 aliphatic rings. The van der Waals surface area contributed by atoms with Crippen molar-refractivity contribution in [3.8, 4) is 5.75 Å². The predicted octanol–water partition coefficient (Wildman–Crippen LogP) is 1.87. The third kappa shape index (κ3) is 3.63. The van der Waals surface area contributed by atoms with Crippen LogP contribution in [0, 0.1) is 0 Å². The number of aromatic hydroxyl groups is 1. The number of amides is 1. The molecule has 2 aromatic rings. The monoisotopic (exact) mass is 390 g/mol. The van der Waals surface area contributed by atoms with Gasteiger partial charge in [-0.25, -0.2) is 8.42 Å². The summed E-state index contributed by atoms with van der Waals surface area (Å²) in [6, 6.07) is 5.07. The number of sulfone groups is 1. The maximum Gasteiger partial charge on any atom is 0.426 e. The normalized spacial score (nSPS) is 14.5. The van der Waals surface area contributed by atoms with E-state index in [0.717, 1.165) is 18.2 Å². The number of anilines is 1. The van der Waals surface area contributed by atoms with Gasteiger partial charge in [-0.2, -0.15) is 13.2 Å². The van der Waals surface area contributed by atoms with Crippen molar-refractivity contribution >= 4 is 21.4 Å². The van der Waals surface area contributed by atoms with Crippen LogP contribution in [0.1, 0.15) is 6.92 Å². The number of alkyl halides is 3. The number of phenolic OH excluding ortho intramolecular Hbond substituents is 1. The van der Waals surface area contributed by atoms with Crippen molar-refractivity contribution in [2.45, 2.75) is 28.5 Å². The Morgan fingerprint density at radius 2 is 1.73 bits per heavy atom. The van der Waals surface area contributed by atoms with E-state index >= 15 is 0 Å². The molecule has 0 spiro atoms. The lowest BCUT2D eigenvalue weighted by molar-refractivity contribution is -0.242. The Morgan fingerprint density at radius 3 is 2.23 bits per heavy atom. The Bertz CT molecular complexity index is 928. The molecule has 0 bridgehead atoms. The molecule has 0 aliphatic heterocycles. The molecular weight excluding hydrogens is 377 g/mol. The van der Waals surface area contributed by atoms with Gasteiger partial charge in [0.1, 0.15) is 10.6 Å². The van der Waals surface area contributed by atoms with Gasteiger partial charge in [0.2, 0.25) is 15.4 Å². The quantitative estimate of drug-likeness (QED) is 0.734. The van der Waals surface area contributed by atoms with Gasteiger partial charge in [-0.15, -0.1) is 0 Å². The van der Waals surface area contributed by atoms with Crippen molar-refractivity contribution in [2.24, 2.45) is 0 Å². The molecule has 0 radical (unpaired) electrons. The number of pyridine rings is 1. The van der Waals surface area contributed by atoms with Gasteiger partial charge in [0.15, 0.2) is 0 Å². The summed E-state index contributed by atoms with van der Waals surface area (Å²) in [6.45, 7) is 0.268. The van der Waals surface area contributed by atoms with Gasteiger partial charge < -0.3 is 15.5 Å². The molecule has 0 fully saturated rings. The molecule has 1 aromatic carbocycles. The smallest absolute Gasteiger partial charge is 0.426 e.